The van der Waals surface area contributed by atoms with Gasteiger partial charge in [0, 0.05) is 6.07 Å². The van der Waals surface area contributed by atoms with Crippen LogP contribution in [0, 0.1) is 5.82 Å². The van der Waals surface area contributed by atoms with Gasteiger partial charge in [0.15, 0.2) is 5.88 Å². The van der Waals surface area contributed by atoms with Crippen molar-refractivity contribution in [1.82, 2.24) is 14.8 Å². The summed E-state index contributed by atoms with van der Waals surface area (Å²) in [5.41, 5.74) is 5.94. The minimum absolute atomic E-state index is 0.0850. The van der Waals surface area contributed by atoms with Crippen molar-refractivity contribution in [3.63, 3.8) is 0 Å². The summed E-state index contributed by atoms with van der Waals surface area (Å²) in [5.74, 6) is -0.656. The number of benzene rings is 1. The van der Waals surface area contributed by atoms with Crippen molar-refractivity contribution in [3.8, 4) is 11.6 Å². The standard InChI is InChI=1S/C12H9FN4O2/c13-6-2-1-3-7(4-6)17-11(14)10-8(16-17)5-9(18)15-12(10)19/h1-5,18H,14H2,(H,15,19). The third-order valence-corrected chi connectivity index (χ3v) is 2.74. The average molecular weight is 260 g/mol. The first kappa shape index (κ1) is 11.3. The van der Waals surface area contributed by atoms with Crippen LogP contribution in [0.2, 0.25) is 0 Å². The zero-order chi connectivity index (χ0) is 13.6. The Morgan fingerprint density at radius 1 is 1.37 bits per heavy atom. The van der Waals surface area contributed by atoms with Crippen LogP contribution >= 0.6 is 0 Å². The molecule has 0 bridgehead atoms. The molecular formula is C12H9FN4O2. The molecule has 0 unspecified atom stereocenters. The zero-order valence-electron chi connectivity index (χ0n) is 9.59. The van der Waals surface area contributed by atoms with Crippen LogP contribution in [0.5, 0.6) is 5.88 Å². The summed E-state index contributed by atoms with van der Waals surface area (Å²) in [4.78, 5) is 13.9. The van der Waals surface area contributed by atoms with E-state index in [-0.39, 0.29) is 22.6 Å². The highest BCUT2D eigenvalue weighted by molar-refractivity contribution is 5.89. The smallest absolute Gasteiger partial charge is 0.263 e. The second-order valence-electron chi connectivity index (χ2n) is 4.02. The highest BCUT2D eigenvalue weighted by atomic mass is 19.1. The second-order valence-corrected chi connectivity index (χ2v) is 4.02. The summed E-state index contributed by atoms with van der Waals surface area (Å²) < 4.78 is 14.4. The number of aromatic hydroxyl groups is 1. The molecule has 19 heavy (non-hydrogen) atoms. The molecule has 0 aliphatic rings. The van der Waals surface area contributed by atoms with Gasteiger partial charge >= 0.3 is 0 Å². The number of nitrogens with one attached hydrogen (secondary N) is 1. The molecule has 2 aromatic heterocycles. The van der Waals surface area contributed by atoms with Gasteiger partial charge in [-0.05, 0) is 18.2 Å². The fourth-order valence-electron chi connectivity index (χ4n) is 1.93. The molecule has 0 aliphatic heterocycles. The number of halogens is 1. The van der Waals surface area contributed by atoms with Crippen LogP contribution in [0.3, 0.4) is 0 Å². The molecule has 7 heteroatoms. The van der Waals surface area contributed by atoms with Crippen molar-refractivity contribution < 1.29 is 9.50 Å². The molecule has 0 aliphatic carbocycles. The number of nitrogens with two attached hydrogens (primary N) is 1. The molecule has 4 N–H and O–H groups in total. The maximum absolute atomic E-state index is 13.2. The van der Waals surface area contributed by atoms with Crippen LogP contribution < -0.4 is 11.3 Å². The van der Waals surface area contributed by atoms with Gasteiger partial charge in [0.25, 0.3) is 5.56 Å². The summed E-state index contributed by atoms with van der Waals surface area (Å²) in [6.45, 7) is 0. The highest BCUT2D eigenvalue weighted by Gasteiger charge is 2.14. The molecule has 0 radical (unpaired) electrons. The number of H-pyrrole nitrogens is 1. The summed E-state index contributed by atoms with van der Waals surface area (Å²) in [6, 6.07) is 6.94. The first-order valence-electron chi connectivity index (χ1n) is 5.42. The van der Waals surface area contributed by atoms with Gasteiger partial charge in [0.1, 0.15) is 22.5 Å². The number of aromatic amines is 1. The van der Waals surface area contributed by atoms with Crippen LogP contribution in [0.15, 0.2) is 35.1 Å². The average Bonchev–Trinajstić information content (AvgIpc) is 2.66. The molecule has 1 aromatic carbocycles. The molecule has 2 heterocycles. The zero-order valence-corrected chi connectivity index (χ0v) is 9.59. The Bertz CT molecular complexity index is 837. The van der Waals surface area contributed by atoms with E-state index in [1.54, 1.807) is 6.07 Å². The van der Waals surface area contributed by atoms with E-state index < -0.39 is 11.4 Å². The number of hydrogen-bond acceptors (Lipinski definition) is 4. The van der Waals surface area contributed by atoms with Crippen molar-refractivity contribution in [2.45, 2.75) is 0 Å². The van der Waals surface area contributed by atoms with E-state index in [9.17, 15) is 14.3 Å². The number of nitrogens with zero attached hydrogens (tertiary/aromatic N) is 2. The predicted molar refractivity (Wildman–Crippen MR) is 67.7 cm³/mol. The van der Waals surface area contributed by atoms with Gasteiger partial charge in [-0.3, -0.25) is 9.78 Å². The van der Waals surface area contributed by atoms with Gasteiger partial charge in [-0.2, -0.15) is 5.10 Å². The van der Waals surface area contributed by atoms with E-state index in [0.717, 1.165) is 0 Å². The largest absolute Gasteiger partial charge is 0.494 e. The Morgan fingerprint density at radius 2 is 2.16 bits per heavy atom. The number of hydrogen-bond donors (Lipinski definition) is 3. The molecule has 6 nitrogen and oxygen atoms in total. The topological polar surface area (TPSA) is 96.9 Å². The highest BCUT2D eigenvalue weighted by Crippen LogP contribution is 2.22. The van der Waals surface area contributed by atoms with E-state index in [1.165, 1.54) is 28.9 Å². The summed E-state index contributed by atoms with van der Waals surface area (Å²) in [5, 5.41) is 13.6. The Labute approximate surface area is 105 Å². The van der Waals surface area contributed by atoms with E-state index in [2.05, 4.69) is 10.1 Å². The van der Waals surface area contributed by atoms with Crippen molar-refractivity contribution in [1.29, 1.82) is 0 Å². The lowest BCUT2D eigenvalue weighted by molar-refractivity contribution is 0.453. The third-order valence-electron chi connectivity index (χ3n) is 2.74. The van der Waals surface area contributed by atoms with E-state index in [0.29, 0.717) is 5.69 Å². The van der Waals surface area contributed by atoms with E-state index in [1.807, 2.05) is 0 Å². The Balaban J connectivity index is 2.35. The molecule has 0 spiro atoms. The van der Waals surface area contributed by atoms with Crippen LogP contribution in [0.25, 0.3) is 16.6 Å². The lowest BCUT2D eigenvalue weighted by Gasteiger charge is -2.03. The molecule has 3 rings (SSSR count). The summed E-state index contributed by atoms with van der Waals surface area (Å²) in [7, 11) is 0. The normalized spacial score (nSPS) is 11.0. The maximum atomic E-state index is 13.2. The lowest BCUT2D eigenvalue weighted by Crippen LogP contribution is -2.07. The lowest BCUT2D eigenvalue weighted by atomic mass is 10.3. The molecule has 96 valence electrons. The second kappa shape index (κ2) is 3.84. The van der Waals surface area contributed by atoms with Gasteiger partial charge in [0.05, 0.1) is 5.69 Å². The van der Waals surface area contributed by atoms with Crippen molar-refractivity contribution in [3.05, 3.63) is 46.5 Å². The molecule has 0 atom stereocenters. The van der Waals surface area contributed by atoms with Gasteiger partial charge < -0.3 is 10.8 Å². The molecule has 0 amide bonds. The molecular weight excluding hydrogens is 251 g/mol. The molecule has 0 saturated carbocycles. The van der Waals surface area contributed by atoms with Crippen LogP contribution in [-0.2, 0) is 0 Å². The SMILES string of the molecule is Nc1c2c(=O)[nH]c(O)cc2nn1-c1cccc(F)c1. The molecule has 0 fully saturated rings. The van der Waals surface area contributed by atoms with Gasteiger partial charge in [-0.15, -0.1) is 0 Å². The van der Waals surface area contributed by atoms with Crippen LogP contribution in [0.4, 0.5) is 10.2 Å². The minimum atomic E-state index is -0.546. The van der Waals surface area contributed by atoms with Gasteiger partial charge in [-0.25, -0.2) is 9.07 Å². The number of aromatic nitrogens is 3. The number of rotatable bonds is 1. The monoisotopic (exact) mass is 260 g/mol. The van der Waals surface area contributed by atoms with Crippen molar-refractivity contribution in [2.75, 3.05) is 5.73 Å². The van der Waals surface area contributed by atoms with E-state index in [4.69, 9.17) is 5.73 Å². The van der Waals surface area contributed by atoms with Crippen LogP contribution in [-0.4, -0.2) is 19.9 Å². The maximum Gasteiger partial charge on any atom is 0.263 e. The molecule has 3 aromatic rings. The molecule has 0 saturated heterocycles. The first-order chi connectivity index (χ1) is 9.06. The Kier molecular flexibility index (Phi) is 2.28. The van der Waals surface area contributed by atoms with Crippen molar-refractivity contribution >= 4 is 16.7 Å². The van der Waals surface area contributed by atoms with Gasteiger partial charge in [-0.1, -0.05) is 6.07 Å². The Hall–Kier alpha value is -2.83. The first-order valence-corrected chi connectivity index (χ1v) is 5.42. The number of pyridine rings is 1. The Morgan fingerprint density at radius 3 is 2.89 bits per heavy atom. The van der Waals surface area contributed by atoms with Crippen molar-refractivity contribution in [2.24, 2.45) is 0 Å². The summed E-state index contributed by atoms with van der Waals surface area (Å²) >= 11 is 0. The fraction of sp³-hybridized carbons (Fsp3) is 0. The third kappa shape index (κ3) is 1.71. The van der Waals surface area contributed by atoms with Crippen LogP contribution in [0.1, 0.15) is 0 Å². The van der Waals surface area contributed by atoms with E-state index >= 15 is 0 Å². The number of fused-ring (bicyclic) bond motifs is 1. The fourth-order valence-corrected chi connectivity index (χ4v) is 1.93. The summed E-state index contributed by atoms with van der Waals surface area (Å²) in [6.07, 6.45) is 0. The minimum Gasteiger partial charge on any atom is -0.494 e. The number of anilines is 1. The van der Waals surface area contributed by atoms with Gasteiger partial charge in [0.2, 0.25) is 0 Å². The predicted octanol–water partition coefficient (Wildman–Crippen LogP) is 1.14. The number of nitrogen functional groups attached to an aromatic ring is 1. The quantitative estimate of drug-likeness (QED) is 0.611.